The van der Waals surface area contributed by atoms with Crippen molar-refractivity contribution in [3.05, 3.63) is 48.0 Å². The van der Waals surface area contributed by atoms with Crippen LogP contribution in [0.2, 0.25) is 0 Å². The van der Waals surface area contributed by atoms with E-state index in [-0.39, 0.29) is 5.91 Å². The van der Waals surface area contributed by atoms with Gasteiger partial charge in [-0.15, -0.1) is 0 Å². The van der Waals surface area contributed by atoms with Gasteiger partial charge in [-0.25, -0.2) is 0 Å². The molecule has 0 saturated heterocycles. The van der Waals surface area contributed by atoms with Crippen LogP contribution in [0.3, 0.4) is 0 Å². The van der Waals surface area contributed by atoms with Gasteiger partial charge in [-0.3, -0.25) is 4.79 Å². The molecule has 1 amide bonds. The summed E-state index contributed by atoms with van der Waals surface area (Å²) in [5.41, 5.74) is 2.66. The van der Waals surface area contributed by atoms with Crippen molar-refractivity contribution < 1.29 is 14.5 Å². The van der Waals surface area contributed by atoms with Crippen LogP contribution >= 0.6 is 11.8 Å². The Hall–Kier alpha value is -1.76. The van der Waals surface area contributed by atoms with E-state index < -0.39 is 7.12 Å². The van der Waals surface area contributed by atoms with Crippen molar-refractivity contribution in [2.45, 2.75) is 23.3 Å². The highest BCUT2D eigenvalue weighted by molar-refractivity contribution is 7.99. The molecule has 6 heteroatoms. The number of carbonyl (C=O) groups is 1. The summed E-state index contributed by atoms with van der Waals surface area (Å²) in [6.45, 7) is 1.95. The number of anilines is 1. The van der Waals surface area contributed by atoms with E-state index in [2.05, 4.69) is 5.32 Å². The summed E-state index contributed by atoms with van der Waals surface area (Å²) in [5.74, 6) is -0.0805. The maximum absolute atomic E-state index is 11.0. The van der Waals surface area contributed by atoms with Crippen LogP contribution in [0.15, 0.2) is 52.3 Å². The highest BCUT2D eigenvalue weighted by Crippen LogP contribution is 2.29. The Morgan fingerprint density at radius 3 is 2.67 bits per heavy atom. The number of rotatable bonds is 3. The molecule has 2 N–H and O–H groups in total. The summed E-state index contributed by atoms with van der Waals surface area (Å²) in [7, 11) is -0.817. The summed E-state index contributed by atoms with van der Waals surface area (Å²) in [6, 6.07) is 13.6. The van der Waals surface area contributed by atoms with Crippen LogP contribution in [0, 0.1) is 0 Å². The smallest absolute Gasteiger partial charge is 0.423 e. The van der Waals surface area contributed by atoms with Gasteiger partial charge in [-0.2, -0.15) is 0 Å². The second-order valence-corrected chi connectivity index (χ2v) is 5.98. The average Bonchev–Trinajstić information content (AvgIpc) is 2.82. The van der Waals surface area contributed by atoms with Gasteiger partial charge >= 0.3 is 7.12 Å². The standard InChI is InChI=1S/C15H14BNO3S/c1-10(18)17-12-3-6-13(7-4-12)21-14-5-2-11-9-20-16(19)15(11)8-14/h2-8,19H,9H2,1H3,(H,17,18). The minimum atomic E-state index is -0.817. The van der Waals surface area contributed by atoms with E-state index in [9.17, 15) is 9.82 Å². The lowest BCUT2D eigenvalue weighted by Crippen LogP contribution is -2.27. The van der Waals surface area contributed by atoms with Crippen molar-refractivity contribution in [2.24, 2.45) is 0 Å². The van der Waals surface area contributed by atoms with Gasteiger partial charge in [0, 0.05) is 22.4 Å². The molecule has 1 aliphatic heterocycles. The highest BCUT2D eigenvalue weighted by Gasteiger charge is 2.27. The first-order chi connectivity index (χ1) is 10.1. The molecule has 0 unspecified atom stereocenters. The zero-order valence-corrected chi connectivity index (χ0v) is 12.3. The van der Waals surface area contributed by atoms with Gasteiger partial charge in [0.1, 0.15) is 0 Å². The zero-order valence-electron chi connectivity index (χ0n) is 11.5. The second-order valence-electron chi connectivity index (χ2n) is 4.83. The quantitative estimate of drug-likeness (QED) is 0.851. The maximum atomic E-state index is 11.0. The highest BCUT2D eigenvalue weighted by atomic mass is 32.2. The van der Waals surface area contributed by atoms with E-state index >= 15 is 0 Å². The molecule has 2 aromatic carbocycles. The first kappa shape index (κ1) is 14.2. The number of benzene rings is 2. The Bertz CT molecular complexity index is 675. The Morgan fingerprint density at radius 1 is 1.24 bits per heavy atom. The lowest BCUT2D eigenvalue weighted by molar-refractivity contribution is -0.114. The van der Waals surface area contributed by atoms with Crippen molar-refractivity contribution >= 4 is 35.9 Å². The average molecular weight is 299 g/mol. The molecule has 0 atom stereocenters. The van der Waals surface area contributed by atoms with Crippen molar-refractivity contribution in [2.75, 3.05) is 5.32 Å². The molecule has 4 nitrogen and oxygen atoms in total. The third kappa shape index (κ3) is 3.29. The normalized spacial score (nSPS) is 13.1. The van der Waals surface area contributed by atoms with Crippen LogP contribution < -0.4 is 10.8 Å². The molecule has 1 heterocycles. The van der Waals surface area contributed by atoms with Crippen molar-refractivity contribution in [1.82, 2.24) is 0 Å². The summed E-state index contributed by atoms with van der Waals surface area (Å²) >= 11 is 1.60. The zero-order chi connectivity index (χ0) is 14.8. The molecular formula is C15H14BNO3S. The van der Waals surface area contributed by atoms with Crippen molar-refractivity contribution in [3.8, 4) is 0 Å². The second kappa shape index (κ2) is 5.93. The molecule has 2 aromatic rings. The Labute approximate surface area is 127 Å². The largest absolute Gasteiger partial charge is 0.491 e. The molecule has 0 saturated carbocycles. The van der Waals surface area contributed by atoms with E-state index in [1.807, 2.05) is 42.5 Å². The monoisotopic (exact) mass is 299 g/mol. The molecule has 0 bridgehead atoms. The number of carbonyl (C=O) groups excluding carboxylic acids is 1. The van der Waals surface area contributed by atoms with Crippen LogP contribution in [0.1, 0.15) is 12.5 Å². The van der Waals surface area contributed by atoms with Crippen LogP contribution in [-0.4, -0.2) is 18.0 Å². The Balaban J connectivity index is 1.75. The summed E-state index contributed by atoms with van der Waals surface area (Å²) in [6.07, 6.45) is 0. The van der Waals surface area contributed by atoms with E-state index in [4.69, 9.17) is 4.65 Å². The van der Waals surface area contributed by atoms with E-state index in [0.29, 0.717) is 6.61 Å². The molecule has 0 aromatic heterocycles. The third-order valence-corrected chi connectivity index (χ3v) is 4.19. The Morgan fingerprint density at radius 2 is 1.95 bits per heavy atom. The predicted octanol–water partition coefficient (Wildman–Crippen LogP) is 2.01. The van der Waals surface area contributed by atoms with Crippen molar-refractivity contribution in [3.63, 3.8) is 0 Å². The van der Waals surface area contributed by atoms with Gasteiger partial charge in [0.2, 0.25) is 5.91 Å². The van der Waals surface area contributed by atoms with Crippen LogP contribution in [0.25, 0.3) is 0 Å². The van der Waals surface area contributed by atoms with Gasteiger partial charge < -0.3 is 15.0 Å². The molecule has 0 aliphatic carbocycles. The maximum Gasteiger partial charge on any atom is 0.491 e. The molecule has 0 radical (unpaired) electrons. The molecular weight excluding hydrogens is 285 g/mol. The fraction of sp³-hybridized carbons (Fsp3) is 0.133. The Kier molecular flexibility index (Phi) is 4.01. The number of nitrogens with one attached hydrogen (secondary N) is 1. The minimum absolute atomic E-state index is 0.0805. The fourth-order valence-electron chi connectivity index (χ4n) is 2.20. The summed E-state index contributed by atoms with van der Waals surface area (Å²) in [5, 5.41) is 12.5. The number of fused-ring (bicyclic) bond motifs is 1. The number of amides is 1. The van der Waals surface area contributed by atoms with Crippen LogP contribution in [0.4, 0.5) is 5.69 Å². The molecule has 0 spiro atoms. The lowest BCUT2D eigenvalue weighted by atomic mass is 9.80. The molecule has 0 fully saturated rings. The first-order valence-corrected chi connectivity index (χ1v) is 7.41. The lowest BCUT2D eigenvalue weighted by Gasteiger charge is -2.06. The van der Waals surface area contributed by atoms with Gasteiger partial charge in [0.15, 0.2) is 0 Å². The van der Waals surface area contributed by atoms with E-state index in [0.717, 1.165) is 26.5 Å². The summed E-state index contributed by atoms with van der Waals surface area (Å²) < 4.78 is 5.19. The third-order valence-electron chi connectivity index (χ3n) is 3.19. The molecule has 3 rings (SSSR count). The molecule has 21 heavy (non-hydrogen) atoms. The van der Waals surface area contributed by atoms with Crippen LogP contribution in [-0.2, 0) is 16.1 Å². The van der Waals surface area contributed by atoms with Gasteiger partial charge in [-0.05, 0) is 47.4 Å². The van der Waals surface area contributed by atoms with Crippen LogP contribution in [0.5, 0.6) is 0 Å². The number of hydrogen-bond donors (Lipinski definition) is 2. The van der Waals surface area contributed by atoms with Gasteiger partial charge in [0.05, 0.1) is 6.61 Å². The number of hydrogen-bond acceptors (Lipinski definition) is 4. The van der Waals surface area contributed by atoms with E-state index in [1.54, 1.807) is 11.8 Å². The minimum Gasteiger partial charge on any atom is -0.423 e. The van der Waals surface area contributed by atoms with E-state index in [1.165, 1.54) is 6.92 Å². The molecule has 106 valence electrons. The van der Waals surface area contributed by atoms with Gasteiger partial charge in [-0.1, -0.05) is 17.8 Å². The predicted molar refractivity (Wildman–Crippen MR) is 83.7 cm³/mol. The molecule has 1 aliphatic rings. The topological polar surface area (TPSA) is 58.6 Å². The summed E-state index contributed by atoms with van der Waals surface area (Å²) in [4.78, 5) is 13.1. The first-order valence-electron chi connectivity index (χ1n) is 6.60. The fourth-order valence-corrected chi connectivity index (χ4v) is 3.07. The van der Waals surface area contributed by atoms with Crippen molar-refractivity contribution in [1.29, 1.82) is 0 Å². The van der Waals surface area contributed by atoms with Gasteiger partial charge in [0.25, 0.3) is 0 Å². The SMILES string of the molecule is CC(=O)Nc1ccc(Sc2ccc3c(c2)B(O)OC3)cc1.